The summed E-state index contributed by atoms with van der Waals surface area (Å²) in [4.78, 5) is 11.3. The third-order valence-corrected chi connectivity index (χ3v) is 7.51. The molecule has 0 aromatic carbocycles. The normalized spacial score (nSPS) is 12.9. The predicted octanol–water partition coefficient (Wildman–Crippen LogP) is 4.62. The summed E-state index contributed by atoms with van der Waals surface area (Å²) in [5.41, 5.74) is 1.53. The first-order valence-electron chi connectivity index (χ1n) is 10.0. The van der Waals surface area contributed by atoms with Crippen LogP contribution in [0.4, 0.5) is 4.39 Å². The Bertz CT molecular complexity index is 1380. The number of hydrogen-bond acceptors (Lipinski definition) is 5. The molecular weight excluding hydrogens is 419 g/mol. The number of aromatic nitrogens is 4. The van der Waals surface area contributed by atoms with E-state index in [0.717, 1.165) is 5.39 Å². The van der Waals surface area contributed by atoms with Crippen LogP contribution in [0, 0.1) is 11.9 Å². The number of H-pyrrole nitrogens is 1. The van der Waals surface area contributed by atoms with Crippen molar-refractivity contribution in [3.63, 3.8) is 0 Å². The lowest BCUT2D eigenvalue weighted by Gasteiger charge is -2.22. The first-order chi connectivity index (χ1) is 14.5. The first kappa shape index (κ1) is 21.3. The fourth-order valence-corrected chi connectivity index (χ4v) is 4.51. The number of pyridine rings is 2. The molecule has 4 aromatic rings. The van der Waals surface area contributed by atoms with Crippen molar-refractivity contribution in [1.29, 1.82) is 0 Å². The minimum atomic E-state index is -3.75. The van der Waals surface area contributed by atoms with E-state index >= 15 is 0 Å². The molecule has 31 heavy (non-hydrogen) atoms. The molecule has 0 atom stereocenters. The Kier molecular flexibility index (Phi) is 5.04. The molecule has 0 spiro atoms. The van der Waals surface area contributed by atoms with Crippen molar-refractivity contribution in [3.8, 4) is 17.0 Å². The van der Waals surface area contributed by atoms with Gasteiger partial charge in [-0.05, 0) is 38.8 Å². The van der Waals surface area contributed by atoms with E-state index in [1.807, 2.05) is 13.8 Å². The van der Waals surface area contributed by atoms with Gasteiger partial charge in [0.2, 0.25) is 5.95 Å². The zero-order chi connectivity index (χ0) is 22.6. The third kappa shape index (κ3) is 3.67. The Morgan fingerprint density at radius 3 is 2.68 bits per heavy atom. The molecule has 0 aliphatic heterocycles. The Hall–Kier alpha value is -2.94. The summed E-state index contributed by atoms with van der Waals surface area (Å²) in [5.74, 6) is -0.213. The van der Waals surface area contributed by atoms with E-state index in [9.17, 15) is 12.8 Å². The van der Waals surface area contributed by atoms with Gasteiger partial charge >= 0.3 is 0 Å². The molecule has 4 heterocycles. The summed E-state index contributed by atoms with van der Waals surface area (Å²) >= 11 is 0. The topological polar surface area (TPSA) is 89.3 Å². The van der Waals surface area contributed by atoms with Crippen molar-refractivity contribution >= 4 is 26.5 Å². The molecule has 4 aromatic heterocycles. The lowest BCUT2D eigenvalue weighted by Crippen LogP contribution is -2.29. The summed E-state index contributed by atoms with van der Waals surface area (Å²) in [6, 6.07) is 5.05. The maximum absolute atomic E-state index is 14.8. The zero-order valence-corrected chi connectivity index (χ0v) is 18.9. The van der Waals surface area contributed by atoms with E-state index < -0.39 is 20.5 Å². The van der Waals surface area contributed by atoms with Crippen LogP contribution < -0.4 is 4.74 Å². The Balaban J connectivity index is 1.96. The van der Waals surface area contributed by atoms with Crippen LogP contribution in [0.2, 0.25) is 0 Å². The highest BCUT2D eigenvalue weighted by molar-refractivity contribution is 7.92. The van der Waals surface area contributed by atoms with Crippen molar-refractivity contribution < 1.29 is 17.5 Å². The second-order valence-electron chi connectivity index (χ2n) is 8.94. The number of sulfone groups is 1. The molecule has 0 saturated carbocycles. The maximum atomic E-state index is 14.8. The van der Waals surface area contributed by atoms with E-state index in [1.54, 1.807) is 49.6 Å². The van der Waals surface area contributed by atoms with Crippen molar-refractivity contribution in [1.82, 2.24) is 19.4 Å². The summed E-state index contributed by atoms with van der Waals surface area (Å²) in [6.07, 6.45) is 4.66. The van der Waals surface area contributed by atoms with Crippen molar-refractivity contribution in [2.75, 3.05) is 6.61 Å². The van der Waals surface area contributed by atoms with Gasteiger partial charge in [-0.25, -0.2) is 18.4 Å². The molecule has 0 fully saturated rings. The van der Waals surface area contributed by atoms with Crippen LogP contribution in [0.25, 0.3) is 27.9 Å². The van der Waals surface area contributed by atoms with Crippen LogP contribution in [0.5, 0.6) is 5.75 Å². The highest BCUT2D eigenvalue weighted by atomic mass is 32.2. The van der Waals surface area contributed by atoms with Gasteiger partial charge in [0.15, 0.2) is 9.84 Å². The van der Waals surface area contributed by atoms with Gasteiger partial charge in [-0.15, -0.1) is 0 Å². The highest BCUT2D eigenvalue weighted by Crippen LogP contribution is 2.35. The number of nitrogens with one attached hydrogen (secondary N) is 1. The number of fused-ring (bicyclic) bond motifs is 2. The number of halogens is 1. The monoisotopic (exact) mass is 444 g/mol. The SMILES string of the molecule is CC(C)COc1cc2ncc(-c3cc4cc[nH]c4nc3F)n2cc1S(=O)(=O)C(C)(C)C. The summed E-state index contributed by atoms with van der Waals surface area (Å²) in [7, 11) is -3.75. The second kappa shape index (κ2) is 7.33. The minimum absolute atomic E-state index is 0.0449. The van der Waals surface area contributed by atoms with Gasteiger partial charge in [0.05, 0.1) is 28.8 Å². The fraction of sp³-hybridized carbons (Fsp3) is 0.364. The first-order valence-corrected chi connectivity index (χ1v) is 11.5. The standard InChI is InChI=1S/C22H25FN4O3S/c1-13(2)12-30-17-9-19-25-10-16(15-8-14-6-7-24-21(14)26-20(15)23)27(19)11-18(17)31(28,29)22(3,4)5/h6-11,13H,12H2,1-5H3,(H,24,26). The van der Waals surface area contributed by atoms with Crippen LogP contribution in [0.1, 0.15) is 34.6 Å². The Morgan fingerprint density at radius 2 is 2.00 bits per heavy atom. The summed E-state index contributed by atoms with van der Waals surface area (Å²) in [6.45, 7) is 9.23. The molecule has 164 valence electrons. The highest BCUT2D eigenvalue weighted by Gasteiger charge is 2.34. The zero-order valence-electron chi connectivity index (χ0n) is 18.1. The van der Waals surface area contributed by atoms with E-state index in [-0.39, 0.29) is 22.1 Å². The van der Waals surface area contributed by atoms with Gasteiger partial charge in [0.25, 0.3) is 0 Å². The van der Waals surface area contributed by atoms with E-state index in [0.29, 0.717) is 23.6 Å². The molecule has 0 unspecified atom stereocenters. The van der Waals surface area contributed by atoms with Gasteiger partial charge in [0.1, 0.15) is 21.9 Å². The second-order valence-corrected chi connectivity index (χ2v) is 11.6. The van der Waals surface area contributed by atoms with Crippen molar-refractivity contribution in [2.24, 2.45) is 5.92 Å². The Morgan fingerprint density at radius 1 is 1.26 bits per heavy atom. The fourth-order valence-electron chi connectivity index (χ4n) is 3.23. The van der Waals surface area contributed by atoms with Crippen LogP contribution in [0.15, 0.2) is 41.7 Å². The lowest BCUT2D eigenvalue weighted by atomic mass is 10.2. The Labute approximate surface area is 180 Å². The molecular formula is C22H25FN4O3S. The number of imidazole rings is 1. The average molecular weight is 445 g/mol. The largest absolute Gasteiger partial charge is 0.492 e. The number of rotatable bonds is 5. The van der Waals surface area contributed by atoms with Gasteiger partial charge < -0.3 is 9.72 Å². The molecule has 9 heteroatoms. The van der Waals surface area contributed by atoms with Gasteiger partial charge in [-0.2, -0.15) is 4.39 Å². The van der Waals surface area contributed by atoms with Crippen LogP contribution in [-0.4, -0.2) is 39.1 Å². The van der Waals surface area contributed by atoms with Crippen LogP contribution in [0.3, 0.4) is 0 Å². The minimum Gasteiger partial charge on any atom is -0.492 e. The molecule has 0 saturated heterocycles. The van der Waals surface area contributed by atoms with Crippen LogP contribution in [-0.2, 0) is 9.84 Å². The van der Waals surface area contributed by atoms with E-state index in [4.69, 9.17) is 4.74 Å². The van der Waals surface area contributed by atoms with Gasteiger partial charge in [0, 0.05) is 23.8 Å². The maximum Gasteiger partial charge on any atom is 0.224 e. The average Bonchev–Trinajstić information content (AvgIpc) is 3.29. The molecule has 0 bridgehead atoms. The number of aromatic amines is 1. The molecule has 0 amide bonds. The molecule has 0 radical (unpaired) electrons. The molecule has 4 rings (SSSR count). The smallest absolute Gasteiger partial charge is 0.224 e. The molecule has 7 nitrogen and oxygen atoms in total. The van der Waals surface area contributed by atoms with Crippen molar-refractivity contribution in [2.45, 2.75) is 44.3 Å². The molecule has 0 aliphatic rings. The van der Waals surface area contributed by atoms with Crippen molar-refractivity contribution in [3.05, 3.63) is 42.7 Å². The van der Waals surface area contributed by atoms with E-state index in [2.05, 4.69) is 15.0 Å². The number of nitrogens with zero attached hydrogens (tertiary/aromatic N) is 3. The van der Waals surface area contributed by atoms with E-state index in [1.165, 1.54) is 12.4 Å². The quantitative estimate of drug-likeness (QED) is 0.454. The number of ether oxygens (including phenoxy) is 1. The lowest BCUT2D eigenvalue weighted by molar-refractivity contribution is 0.264. The summed E-state index contributed by atoms with van der Waals surface area (Å²) < 4.78 is 47.8. The predicted molar refractivity (Wildman–Crippen MR) is 118 cm³/mol. The van der Waals surface area contributed by atoms with Gasteiger partial charge in [-0.1, -0.05) is 13.8 Å². The molecule has 1 N–H and O–H groups in total. The third-order valence-electron chi connectivity index (χ3n) is 5.01. The molecule has 0 aliphatic carbocycles. The number of hydrogen-bond donors (Lipinski definition) is 1. The summed E-state index contributed by atoms with van der Waals surface area (Å²) in [5, 5.41) is 0.741. The van der Waals surface area contributed by atoms with Crippen LogP contribution >= 0.6 is 0 Å². The van der Waals surface area contributed by atoms with Gasteiger partial charge in [-0.3, -0.25) is 4.40 Å².